The van der Waals surface area contributed by atoms with E-state index in [2.05, 4.69) is 15.3 Å². The summed E-state index contributed by atoms with van der Waals surface area (Å²) >= 11 is 0. The van der Waals surface area contributed by atoms with Crippen LogP contribution in [0.4, 0.5) is 4.79 Å². The van der Waals surface area contributed by atoms with Crippen molar-refractivity contribution in [2.75, 3.05) is 0 Å². The minimum absolute atomic E-state index is 0.178. The molecule has 1 aromatic rings. The van der Waals surface area contributed by atoms with Crippen molar-refractivity contribution < 1.29 is 9.53 Å². The van der Waals surface area contributed by atoms with Crippen LogP contribution in [-0.2, 0) is 4.74 Å². The maximum Gasteiger partial charge on any atom is 0.408 e. The minimum Gasteiger partial charge on any atom is -0.444 e. The first-order valence-corrected chi connectivity index (χ1v) is 6.62. The Morgan fingerprint density at radius 3 is 2.26 bits per heavy atom. The number of aromatic nitrogens is 2. The van der Waals surface area contributed by atoms with E-state index in [1.165, 1.54) is 0 Å². The maximum atomic E-state index is 11.9. The fourth-order valence-electron chi connectivity index (χ4n) is 1.71. The highest BCUT2D eigenvalue weighted by Crippen LogP contribution is 2.21. The highest BCUT2D eigenvalue weighted by molar-refractivity contribution is 5.68. The van der Waals surface area contributed by atoms with Crippen LogP contribution >= 0.6 is 0 Å². The van der Waals surface area contributed by atoms with E-state index < -0.39 is 11.7 Å². The highest BCUT2D eigenvalue weighted by Gasteiger charge is 2.25. The van der Waals surface area contributed by atoms with Gasteiger partial charge in [0.1, 0.15) is 11.4 Å². The number of nitrogens with one attached hydrogen (secondary N) is 2. The summed E-state index contributed by atoms with van der Waals surface area (Å²) in [6.07, 6.45) is -0.419. The molecule has 1 atom stereocenters. The molecule has 1 heterocycles. The van der Waals surface area contributed by atoms with Gasteiger partial charge < -0.3 is 15.0 Å². The van der Waals surface area contributed by atoms with Gasteiger partial charge in [-0.3, -0.25) is 0 Å². The van der Waals surface area contributed by atoms with E-state index in [-0.39, 0.29) is 12.0 Å². The zero-order chi connectivity index (χ0) is 14.8. The van der Waals surface area contributed by atoms with E-state index in [0.29, 0.717) is 0 Å². The van der Waals surface area contributed by atoms with E-state index in [0.717, 1.165) is 17.2 Å². The molecule has 108 valence electrons. The molecule has 0 saturated heterocycles. The number of hydrogen-bond donors (Lipinski definition) is 2. The van der Waals surface area contributed by atoms with E-state index in [1.54, 1.807) is 0 Å². The molecule has 1 amide bonds. The second-order valence-corrected chi connectivity index (χ2v) is 6.20. The lowest BCUT2D eigenvalue weighted by molar-refractivity contribution is 0.0486. The summed E-state index contributed by atoms with van der Waals surface area (Å²) in [7, 11) is 0. The second kappa shape index (κ2) is 5.63. The third-order valence-electron chi connectivity index (χ3n) is 2.78. The third kappa shape index (κ3) is 4.58. The van der Waals surface area contributed by atoms with Crippen molar-refractivity contribution in [3.8, 4) is 0 Å². The molecule has 1 aromatic heterocycles. The summed E-state index contributed by atoms with van der Waals surface area (Å²) in [6.45, 7) is 13.5. The van der Waals surface area contributed by atoms with Gasteiger partial charge in [0.15, 0.2) is 0 Å². The molecule has 5 heteroatoms. The lowest BCUT2D eigenvalue weighted by Gasteiger charge is -2.24. The molecular formula is C14H25N3O2. The average Bonchev–Trinajstić information content (AvgIpc) is 2.52. The van der Waals surface area contributed by atoms with E-state index >= 15 is 0 Å². The number of hydrogen-bond acceptors (Lipinski definition) is 3. The first-order chi connectivity index (χ1) is 8.60. The smallest absolute Gasteiger partial charge is 0.408 e. The number of alkyl carbamates (subject to hydrolysis) is 1. The Morgan fingerprint density at radius 2 is 1.89 bits per heavy atom. The SMILES string of the molecule is Cc1nc([C@@H](NC(=O)OC(C)(C)C)C(C)C)[nH]c1C. The number of nitrogens with zero attached hydrogens (tertiary/aromatic N) is 1. The van der Waals surface area contributed by atoms with Crippen LogP contribution in [0.2, 0.25) is 0 Å². The van der Waals surface area contributed by atoms with Gasteiger partial charge in [-0.1, -0.05) is 13.8 Å². The van der Waals surface area contributed by atoms with Crippen molar-refractivity contribution in [1.29, 1.82) is 0 Å². The highest BCUT2D eigenvalue weighted by atomic mass is 16.6. The largest absolute Gasteiger partial charge is 0.444 e. The topological polar surface area (TPSA) is 67.0 Å². The maximum absolute atomic E-state index is 11.9. The molecule has 0 aromatic carbocycles. The Hall–Kier alpha value is -1.52. The predicted molar refractivity (Wildman–Crippen MR) is 75.0 cm³/mol. The summed E-state index contributed by atoms with van der Waals surface area (Å²) in [4.78, 5) is 19.5. The molecule has 0 fully saturated rings. The summed E-state index contributed by atoms with van der Waals surface area (Å²) in [6, 6.07) is -0.178. The van der Waals surface area contributed by atoms with Gasteiger partial charge in [-0.25, -0.2) is 9.78 Å². The van der Waals surface area contributed by atoms with E-state index in [4.69, 9.17) is 4.74 Å². The fraction of sp³-hybridized carbons (Fsp3) is 0.714. The van der Waals surface area contributed by atoms with E-state index in [9.17, 15) is 4.79 Å². The van der Waals surface area contributed by atoms with Gasteiger partial charge in [0.05, 0.1) is 11.7 Å². The first-order valence-electron chi connectivity index (χ1n) is 6.62. The number of aromatic amines is 1. The number of rotatable bonds is 3. The number of aryl methyl sites for hydroxylation is 2. The average molecular weight is 267 g/mol. The van der Waals surface area contributed by atoms with Gasteiger partial charge in [0.2, 0.25) is 0 Å². The van der Waals surface area contributed by atoms with Gasteiger partial charge in [0.25, 0.3) is 0 Å². The van der Waals surface area contributed by atoms with Crippen LogP contribution in [-0.4, -0.2) is 21.7 Å². The molecule has 0 aliphatic carbocycles. The zero-order valence-electron chi connectivity index (χ0n) is 12.9. The van der Waals surface area contributed by atoms with Crippen LogP contribution in [0.3, 0.4) is 0 Å². The normalized spacial score (nSPS) is 13.5. The third-order valence-corrected chi connectivity index (χ3v) is 2.78. The lowest BCUT2D eigenvalue weighted by Crippen LogP contribution is -2.37. The Bertz CT molecular complexity index is 425. The summed E-state index contributed by atoms with van der Waals surface area (Å²) in [5.74, 6) is 0.994. The van der Waals surface area contributed by atoms with Crippen LogP contribution in [0.25, 0.3) is 0 Å². The molecule has 0 spiro atoms. The molecular weight excluding hydrogens is 242 g/mol. The van der Waals surface area contributed by atoms with Crippen LogP contribution in [0.5, 0.6) is 0 Å². The number of ether oxygens (including phenoxy) is 1. The number of amides is 1. The van der Waals surface area contributed by atoms with E-state index in [1.807, 2.05) is 48.5 Å². The predicted octanol–water partition coefficient (Wildman–Crippen LogP) is 3.25. The number of H-pyrrole nitrogens is 1. The summed E-state index contributed by atoms with van der Waals surface area (Å²) in [5, 5.41) is 2.87. The van der Waals surface area contributed by atoms with Gasteiger partial charge in [-0.15, -0.1) is 0 Å². The molecule has 19 heavy (non-hydrogen) atoms. The Morgan fingerprint density at radius 1 is 1.32 bits per heavy atom. The van der Waals surface area contributed by atoms with Crippen molar-refractivity contribution in [3.63, 3.8) is 0 Å². The van der Waals surface area contributed by atoms with Crippen LogP contribution < -0.4 is 5.32 Å². The monoisotopic (exact) mass is 267 g/mol. The van der Waals surface area contributed by atoms with Crippen molar-refractivity contribution in [2.24, 2.45) is 5.92 Å². The lowest BCUT2D eigenvalue weighted by atomic mass is 10.0. The van der Waals surface area contributed by atoms with Crippen LogP contribution in [0, 0.1) is 19.8 Å². The molecule has 2 N–H and O–H groups in total. The van der Waals surface area contributed by atoms with Gasteiger partial charge in [-0.2, -0.15) is 0 Å². The van der Waals surface area contributed by atoms with Crippen LogP contribution in [0.1, 0.15) is 57.9 Å². The first kappa shape index (κ1) is 15.5. The Kier molecular flexibility index (Phi) is 4.61. The quantitative estimate of drug-likeness (QED) is 0.883. The van der Waals surface area contributed by atoms with Gasteiger partial charge in [-0.05, 0) is 40.5 Å². The number of imidazole rings is 1. The summed E-state index contributed by atoms with van der Waals surface area (Å²) < 4.78 is 5.29. The molecule has 1 rings (SSSR count). The Labute approximate surface area is 115 Å². The molecule has 0 radical (unpaired) electrons. The Balaban J connectivity index is 2.82. The fourth-order valence-corrected chi connectivity index (χ4v) is 1.71. The van der Waals surface area contributed by atoms with Crippen molar-refractivity contribution in [3.05, 3.63) is 17.2 Å². The molecule has 0 aliphatic rings. The molecule has 0 unspecified atom stereocenters. The standard InChI is InChI=1S/C14H25N3O2/c1-8(2)11(12-15-9(3)10(4)16-12)17-13(18)19-14(5,6)7/h8,11H,1-7H3,(H,15,16)(H,17,18)/t11-/m0/s1. The number of carbonyl (C=O) groups excluding carboxylic acids is 1. The molecule has 0 bridgehead atoms. The van der Waals surface area contributed by atoms with Crippen molar-refractivity contribution >= 4 is 6.09 Å². The molecule has 0 saturated carbocycles. The summed E-state index contributed by atoms with van der Waals surface area (Å²) in [5.41, 5.74) is 1.47. The molecule has 0 aliphatic heterocycles. The van der Waals surface area contributed by atoms with Crippen molar-refractivity contribution in [1.82, 2.24) is 15.3 Å². The minimum atomic E-state index is -0.499. The van der Waals surface area contributed by atoms with Gasteiger partial charge >= 0.3 is 6.09 Å². The number of carbonyl (C=O) groups is 1. The van der Waals surface area contributed by atoms with Gasteiger partial charge in [0, 0.05) is 5.69 Å². The second-order valence-electron chi connectivity index (χ2n) is 6.20. The zero-order valence-corrected chi connectivity index (χ0v) is 12.9. The molecule has 5 nitrogen and oxygen atoms in total. The van der Waals surface area contributed by atoms with Crippen molar-refractivity contribution in [2.45, 2.75) is 60.1 Å². The van der Waals surface area contributed by atoms with Crippen LogP contribution in [0.15, 0.2) is 0 Å².